The maximum Gasteiger partial charge on any atom is 0.127 e. The maximum absolute atomic E-state index is 13.8. The van der Waals surface area contributed by atoms with Crippen LogP contribution in [-0.2, 0) is 6.54 Å². The predicted molar refractivity (Wildman–Crippen MR) is 86.1 cm³/mol. The van der Waals surface area contributed by atoms with Gasteiger partial charge in [0.15, 0.2) is 0 Å². The number of hydrogen-bond acceptors (Lipinski definition) is 3. The van der Waals surface area contributed by atoms with Gasteiger partial charge in [-0.15, -0.1) is 0 Å². The first-order valence-corrected chi connectivity index (χ1v) is 8.70. The minimum Gasteiger partial charge on any atom is -0.396 e. The zero-order valence-corrected chi connectivity index (χ0v) is 13.6. The zero-order chi connectivity index (χ0) is 16.2. The Morgan fingerprint density at radius 1 is 1.13 bits per heavy atom. The molecule has 1 aromatic carbocycles. The molecule has 3 nitrogen and oxygen atoms in total. The molecule has 1 atom stereocenters. The van der Waals surface area contributed by atoms with Crippen molar-refractivity contribution in [1.82, 2.24) is 9.80 Å². The molecule has 1 N–H and O–H groups in total. The van der Waals surface area contributed by atoms with E-state index in [1.807, 2.05) is 0 Å². The smallest absolute Gasteiger partial charge is 0.127 e. The van der Waals surface area contributed by atoms with E-state index in [1.54, 1.807) is 0 Å². The lowest BCUT2D eigenvalue weighted by atomic mass is 10.0. The van der Waals surface area contributed by atoms with Crippen LogP contribution in [0.5, 0.6) is 0 Å². The number of hydrogen-bond donors (Lipinski definition) is 1. The summed E-state index contributed by atoms with van der Waals surface area (Å²) in [5.74, 6) is -0.735. The minimum atomic E-state index is -0.391. The van der Waals surface area contributed by atoms with Crippen LogP contribution in [0.2, 0.25) is 0 Å². The Morgan fingerprint density at radius 2 is 1.91 bits per heavy atom. The standard InChI is InChI=1S/C18H26F2N2O/c19-15-5-6-18(20)14(11-15)12-21-8-9-22(16-3-1-2-4-16)17(13-21)7-10-23/h5-6,11,16-17,23H,1-4,7-10,12-13H2. The Labute approximate surface area is 136 Å². The van der Waals surface area contributed by atoms with E-state index >= 15 is 0 Å². The lowest BCUT2D eigenvalue weighted by Gasteiger charge is -2.44. The van der Waals surface area contributed by atoms with E-state index in [-0.39, 0.29) is 12.4 Å². The summed E-state index contributed by atoms with van der Waals surface area (Å²) in [5.41, 5.74) is 0.419. The molecule has 0 bridgehead atoms. The van der Waals surface area contributed by atoms with Crippen LogP contribution in [0.15, 0.2) is 18.2 Å². The second-order valence-electron chi connectivity index (χ2n) is 6.81. The van der Waals surface area contributed by atoms with Crippen molar-refractivity contribution in [2.75, 3.05) is 26.2 Å². The number of benzene rings is 1. The Balaban J connectivity index is 1.65. The zero-order valence-electron chi connectivity index (χ0n) is 13.6. The molecule has 0 aromatic heterocycles. The molecule has 128 valence electrons. The van der Waals surface area contributed by atoms with Crippen LogP contribution in [0, 0.1) is 11.6 Å². The minimum absolute atomic E-state index is 0.177. The first-order valence-electron chi connectivity index (χ1n) is 8.70. The third-order valence-electron chi connectivity index (χ3n) is 5.27. The van der Waals surface area contributed by atoms with Gasteiger partial charge in [0.1, 0.15) is 11.6 Å². The highest BCUT2D eigenvalue weighted by Gasteiger charge is 2.33. The van der Waals surface area contributed by atoms with Crippen LogP contribution < -0.4 is 0 Å². The third kappa shape index (κ3) is 4.08. The highest BCUT2D eigenvalue weighted by atomic mass is 19.1. The monoisotopic (exact) mass is 324 g/mol. The van der Waals surface area contributed by atoms with E-state index in [2.05, 4.69) is 9.80 Å². The van der Waals surface area contributed by atoms with Crippen molar-refractivity contribution in [2.24, 2.45) is 0 Å². The highest BCUT2D eigenvalue weighted by molar-refractivity contribution is 5.18. The molecule has 0 radical (unpaired) electrons. The molecular weight excluding hydrogens is 298 g/mol. The molecule has 23 heavy (non-hydrogen) atoms. The van der Waals surface area contributed by atoms with Gasteiger partial charge in [-0.1, -0.05) is 12.8 Å². The van der Waals surface area contributed by atoms with Crippen molar-refractivity contribution in [2.45, 2.75) is 50.7 Å². The second kappa shape index (κ2) is 7.69. The Kier molecular flexibility index (Phi) is 5.62. The second-order valence-corrected chi connectivity index (χ2v) is 6.81. The van der Waals surface area contributed by atoms with Crippen molar-refractivity contribution in [3.63, 3.8) is 0 Å². The molecule has 3 rings (SSSR count). The molecule has 1 aliphatic carbocycles. The van der Waals surface area contributed by atoms with E-state index in [0.29, 0.717) is 24.2 Å². The SMILES string of the molecule is OCCC1CN(Cc2cc(F)ccc2F)CCN1C1CCCC1. The van der Waals surface area contributed by atoms with Gasteiger partial charge in [0.2, 0.25) is 0 Å². The Hall–Kier alpha value is -1.04. The van der Waals surface area contributed by atoms with Gasteiger partial charge in [0, 0.05) is 50.4 Å². The van der Waals surface area contributed by atoms with Gasteiger partial charge in [-0.25, -0.2) is 8.78 Å². The average Bonchev–Trinajstić information content (AvgIpc) is 3.06. The molecule has 1 unspecified atom stereocenters. The summed E-state index contributed by atoms with van der Waals surface area (Å²) in [6, 6.07) is 4.60. The van der Waals surface area contributed by atoms with Gasteiger partial charge >= 0.3 is 0 Å². The molecule has 2 aliphatic rings. The number of aliphatic hydroxyl groups is 1. The largest absolute Gasteiger partial charge is 0.396 e. The van der Waals surface area contributed by atoms with Crippen LogP contribution in [0.1, 0.15) is 37.7 Å². The summed E-state index contributed by atoms with van der Waals surface area (Å²) in [7, 11) is 0. The number of nitrogens with zero attached hydrogens (tertiary/aromatic N) is 2. The molecular formula is C18H26F2N2O. The van der Waals surface area contributed by atoms with Crippen molar-refractivity contribution >= 4 is 0 Å². The molecule has 1 saturated carbocycles. The lowest BCUT2D eigenvalue weighted by Crippen LogP contribution is -2.56. The van der Waals surface area contributed by atoms with Gasteiger partial charge in [-0.3, -0.25) is 9.80 Å². The summed E-state index contributed by atoms with van der Waals surface area (Å²) in [4.78, 5) is 4.73. The fourth-order valence-electron chi connectivity index (χ4n) is 4.11. The molecule has 0 amide bonds. The van der Waals surface area contributed by atoms with Gasteiger partial charge in [-0.2, -0.15) is 0 Å². The molecule has 0 spiro atoms. The normalized spacial score (nSPS) is 24.4. The van der Waals surface area contributed by atoms with E-state index < -0.39 is 5.82 Å². The molecule has 1 aromatic rings. The first-order chi connectivity index (χ1) is 11.2. The van der Waals surface area contributed by atoms with E-state index in [1.165, 1.54) is 37.8 Å². The molecule has 1 heterocycles. The van der Waals surface area contributed by atoms with Crippen LogP contribution >= 0.6 is 0 Å². The van der Waals surface area contributed by atoms with Gasteiger partial charge < -0.3 is 5.11 Å². The highest BCUT2D eigenvalue weighted by Crippen LogP contribution is 2.28. The van der Waals surface area contributed by atoms with E-state index in [4.69, 9.17) is 0 Å². The van der Waals surface area contributed by atoms with Gasteiger partial charge in [-0.05, 0) is 37.5 Å². The number of aliphatic hydroxyl groups excluding tert-OH is 1. The topological polar surface area (TPSA) is 26.7 Å². The Bertz CT molecular complexity index is 520. The first kappa shape index (κ1) is 16.8. The van der Waals surface area contributed by atoms with Crippen LogP contribution in [-0.4, -0.2) is 53.2 Å². The fourth-order valence-corrected chi connectivity index (χ4v) is 4.11. The van der Waals surface area contributed by atoms with Crippen molar-refractivity contribution < 1.29 is 13.9 Å². The average molecular weight is 324 g/mol. The van der Waals surface area contributed by atoms with Crippen LogP contribution in [0.4, 0.5) is 8.78 Å². The maximum atomic E-state index is 13.8. The molecule has 5 heteroatoms. The van der Waals surface area contributed by atoms with Gasteiger partial charge in [0.05, 0.1) is 0 Å². The summed E-state index contributed by atoms with van der Waals surface area (Å²) in [6.45, 7) is 3.24. The van der Waals surface area contributed by atoms with Crippen molar-refractivity contribution in [3.05, 3.63) is 35.4 Å². The summed E-state index contributed by atoms with van der Waals surface area (Å²) >= 11 is 0. The molecule has 2 fully saturated rings. The molecule has 1 saturated heterocycles. The van der Waals surface area contributed by atoms with E-state index in [0.717, 1.165) is 32.1 Å². The third-order valence-corrected chi connectivity index (χ3v) is 5.27. The van der Waals surface area contributed by atoms with Crippen LogP contribution in [0.3, 0.4) is 0 Å². The quantitative estimate of drug-likeness (QED) is 0.902. The number of halogens is 2. The van der Waals surface area contributed by atoms with Crippen LogP contribution in [0.25, 0.3) is 0 Å². The summed E-state index contributed by atoms with van der Waals surface area (Å²) < 4.78 is 27.2. The summed E-state index contributed by atoms with van der Waals surface area (Å²) in [6.07, 6.45) is 5.84. The lowest BCUT2D eigenvalue weighted by molar-refractivity contribution is 0.0263. The summed E-state index contributed by atoms with van der Waals surface area (Å²) in [5, 5.41) is 9.38. The number of rotatable bonds is 5. The number of piperazine rings is 1. The van der Waals surface area contributed by atoms with E-state index in [9.17, 15) is 13.9 Å². The Morgan fingerprint density at radius 3 is 2.65 bits per heavy atom. The van der Waals surface area contributed by atoms with Gasteiger partial charge in [0.25, 0.3) is 0 Å². The molecule has 1 aliphatic heterocycles. The van der Waals surface area contributed by atoms with Crippen molar-refractivity contribution in [1.29, 1.82) is 0 Å². The predicted octanol–water partition coefficient (Wildman–Crippen LogP) is 2.78. The fraction of sp³-hybridized carbons (Fsp3) is 0.667. The van der Waals surface area contributed by atoms with Crippen molar-refractivity contribution in [3.8, 4) is 0 Å².